The molecule has 5 aliphatic rings. The summed E-state index contributed by atoms with van der Waals surface area (Å²) in [4.78, 5) is 60.0. The number of fused-ring (bicyclic) bond motifs is 1. The van der Waals surface area contributed by atoms with Crippen LogP contribution in [0.15, 0.2) is 60.9 Å². The Morgan fingerprint density at radius 2 is 1.76 bits per heavy atom. The van der Waals surface area contributed by atoms with Crippen molar-refractivity contribution in [2.45, 2.75) is 50.6 Å². The van der Waals surface area contributed by atoms with Crippen LogP contribution < -0.4 is 10.6 Å². The predicted molar refractivity (Wildman–Crippen MR) is 155 cm³/mol. The number of imide groups is 1. The third-order valence-corrected chi connectivity index (χ3v) is 10.8. The Kier molecular flexibility index (Phi) is 5.68. The summed E-state index contributed by atoms with van der Waals surface area (Å²) < 4.78 is 0. The summed E-state index contributed by atoms with van der Waals surface area (Å²) in [5.41, 5.74) is 2.05. The highest BCUT2D eigenvalue weighted by Gasteiger charge is 2.75. The highest BCUT2D eigenvalue weighted by atomic mass is 16.2. The van der Waals surface area contributed by atoms with Gasteiger partial charge in [-0.05, 0) is 85.1 Å². The number of benzene rings is 2. The Labute approximate surface area is 243 Å². The lowest BCUT2D eigenvalue weighted by Gasteiger charge is -2.75. The molecule has 214 valence electrons. The van der Waals surface area contributed by atoms with Gasteiger partial charge in [-0.2, -0.15) is 0 Å². The highest BCUT2D eigenvalue weighted by Crippen LogP contribution is 2.77. The highest BCUT2D eigenvalue weighted by molar-refractivity contribution is 6.12. The van der Waals surface area contributed by atoms with E-state index in [1.165, 1.54) is 6.42 Å². The molecule has 3 aromatic rings. The van der Waals surface area contributed by atoms with E-state index in [0.29, 0.717) is 55.4 Å². The van der Waals surface area contributed by atoms with E-state index < -0.39 is 6.04 Å². The van der Waals surface area contributed by atoms with Gasteiger partial charge in [0, 0.05) is 54.6 Å². The van der Waals surface area contributed by atoms with Gasteiger partial charge < -0.3 is 15.1 Å². The summed E-state index contributed by atoms with van der Waals surface area (Å²) >= 11 is 0. The van der Waals surface area contributed by atoms with Crippen LogP contribution in [0, 0.1) is 23.2 Å². The Morgan fingerprint density at radius 3 is 2.48 bits per heavy atom. The van der Waals surface area contributed by atoms with Crippen molar-refractivity contribution in [3.63, 3.8) is 0 Å². The van der Waals surface area contributed by atoms with E-state index in [1.54, 1.807) is 23.4 Å². The molecule has 2 aliphatic heterocycles. The topological polar surface area (TPSA) is 112 Å². The molecule has 3 unspecified atom stereocenters. The van der Waals surface area contributed by atoms with Crippen molar-refractivity contribution < 1.29 is 19.2 Å². The van der Waals surface area contributed by atoms with Crippen LogP contribution in [-0.2, 0) is 16.0 Å². The molecular formula is C33H33N5O4. The number of pyridine rings is 1. The molecule has 2 saturated heterocycles. The molecule has 2 N–H and O–H groups in total. The molecule has 2 aromatic carbocycles. The number of anilines is 1. The number of carbonyl (C=O) groups excluding carboxylic acids is 4. The number of likely N-dealkylation sites (tertiary alicyclic amines) is 1. The summed E-state index contributed by atoms with van der Waals surface area (Å²) in [7, 11) is 0. The molecule has 5 fully saturated rings. The molecule has 9 heteroatoms. The summed E-state index contributed by atoms with van der Waals surface area (Å²) in [6.45, 7) is 1.28. The monoisotopic (exact) mass is 563 g/mol. The maximum Gasteiger partial charge on any atom is 0.325 e. The largest absolute Gasteiger partial charge is 0.342 e. The zero-order valence-electron chi connectivity index (χ0n) is 23.3. The van der Waals surface area contributed by atoms with Gasteiger partial charge in [0.15, 0.2) is 0 Å². The number of hydrogen-bond acceptors (Lipinski definition) is 5. The van der Waals surface area contributed by atoms with E-state index in [0.717, 1.165) is 41.0 Å². The van der Waals surface area contributed by atoms with E-state index in [2.05, 4.69) is 15.6 Å². The van der Waals surface area contributed by atoms with Crippen LogP contribution in [0.2, 0.25) is 0 Å². The summed E-state index contributed by atoms with van der Waals surface area (Å²) in [6.07, 6.45) is 8.62. The number of carbonyl (C=O) groups is 4. The van der Waals surface area contributed by atoms with Crippen molar-refractivity contribution in [3.8, 4) is 0 Å². The van der Waals surface area contributed by atoms with Crippen molar-refractivity contribution in [2.75, 3.05) is 18.4 Å². The fourth-order valence-electron chi connectivity index (χ4n) is 8.74. The Morgan fingerprint density at radius 1 is 1.00 bits per heavy atom. The van der Waals surface area contributed by atoms with E-state index in [1.807, 2.05) is 47.4 Å². The molecular weight excluding hydrogens is 530 g/mol. The zero-order chi connectivity index (χ0) is 28.6. The van der Waals surface area contributed by atoms with Gasteiger partial charge in [-0.3, -0.25) is 24.7 Å². The molecule has 3 saturated carbocycles. The Hall–Kier alpha value is -4.27. The molecule has 0 spiro atoms. The smallest absolute Gasteiger partial charge is 0.325 e. The third-order valence-electron chi connectivity index (χ3n) is 10.8. The number of piperidine rings is 1. The summed E-state index contributed by atoms with van der Waals surface area (Å²) in [5, 5.41) is 7.20. The lowest BCUT2D eigenvalue weighted by Crippen LogP contribution is -2.74. The fourth-order valence-corrected chi connectivity index (χ4v) is 8.74. The van der Waals surface area contributed by atoms with Crippen LogP contribution in [0.3, 0.4) is 0 Å². The van der Waals surface area contributed by atoms with E-state index in [9.17, 15) is 19.2 Å². The summed E-state index contributed by atoms with van der Waals surface area (Å²) in [6, 6.07) is 13.8. The van der Waals surface area contributed by atoms with Crippen LogP contribution in [0.1, 0.15) is 48.0 Å². The van der Waals surface area contributed by atoms with Crippen molar-refractivity contribution >= 4 is 40.2 Å². The van der Waals surface area contributed by atoms with Crippen molar-refractivity contribution in [1.29, 1.82) is 0 Å². The van der Waals surface area contributed by atoms with Crippen molar-refractivity contribution in [2.24, 2.45) is 23.2 Å². The minimum Gasteiger partial charge on any atom is -0.342 e. The van der Waals surface area contributed by atoms with Crippen molar-refractivity contribution in [3.05, 3.63) is 72.1 Å². The van der Waals surface area contributed by atoms with Gasteiger partial charge in [-0.15, -0.1) is 0 Å². The van der Waals surface area contributed by atoms with Gasteiger partial charge in [-0.25, -0.2) is 4.79 Å². The second kappa shape index (κ2) is 9.37. The first-order valence-corrected chi connectivity index (χ1v) is 15.1. The Bertz CT molecular complexity index is 1610. The first-order chi connectivity index (χ1) is 20.4. The number of aromatic nitrogens is 1. The SMILES string of the molecule is O=C(Nc1ccc(CC2C(=O)NC(=O)N2C2CCN(C(=O)C34CC5CC(C3)C54)CC2)cc1)c1cccc2cnccc12. The van der Waals surface area contributed by atoms with E-state index >= 15 is 0 Å². The minimum absolute atomic E-state index is 0.0675. The molecule has 5 amide bonds. The van der Waals surface area contributed by atoms with E-state index in [-0.39, 0.29) is 29.3 Å². The lowest BCUT2D eigenvalue weighted by molar-refractivity contribution is -0.264. The first-order valence-electron chi connectivity index (χ1n) is 15.1. The van der Waals surface area contributed by atoms with Crippen LogP contribution in [0.4, 0.5) is 10.5 Å². The molecule has 9 nitrogen and oxygen atoms in total. The molecule has 8 rings (SSSR count). The maximum atomic E-state index is 13.4. The molecule has 0 bridgehead atoms. The van der Waals surface area contributed by atoms with Gasteiger partial charge in [0.05, 0.1) is 5.41 Å². The average Bonchev–Trinajstić information content (AvgIpc) is 3.28. The molecule has 3 aliphatic carbocycles. The fraction of sp³-hybridized carbons (Fsp3) is 0.424. The number of amides is 5. The molecule has 3 atom stereocenters. The second-order valence-corrected chi connectivity index (χ2v) is 12.8. The molecule has 3 heterocycles. The zero-order valence-corrected chi connectivity index (χ0v) is 23.3. The molecule has 1 aromatic heterocycles. The normalized spacial score (nSPS) is 29.7. The van der Waals surface area contributed by atoms with Gasteiger partial charge >= 0.3 is 6.03 Å². The number of rotatable bonds is 6. The lowest BCUT2D eigenvalue weighted by atomic mass is 9.29. The number of urea groups is 1. The van der Waals surface area contributed by atoms with Crippen LogP contribution in [-0.4, -0.2) is 63.7 Å². The minimum atomic E-state index is -0.595. The average molecular weight is 564 g/mol. The maximum absolute atomic E-state index is 13.4. The van der Waals surface area contributed by atoms with Crippen molar-refractivity contribution in [1.82, 2.24) is 20.1 Å². The molecule has 42 heavy (non-hydrogen) atoms. The van der Waals surface area contributed by atoms with Gasteiger partial charge in [-0.1, -0.05) is 24.3 Å². The van der Waals surface area contributed by atoms with Gasteiger partial charge in [0.25, 0.3) is 11.8 Å². The standard InChI is InChI=1S/C33H33N5O4/c39-29(26-3-1-2-20-18-34-11-8-25(20)26)35-23-6-4-19(5-7-23)14-27-30(40)36-32(42)38(27)24-9-12-37(13-10-24)31(41)33-16-21-15-22(17-33)28(21)33/h1-8,11,18,21-22,24,27-28H,9-10,12-17H2,(H,35,39)(H,36,40,42). The van der Waals surface area contributed by atoms with Crippen LogP contribution in [0.25, 0.3) is 10.8 Å². The first kappa shape index (κ1) is 25.4. The third kappa shape index (κ3) is 3.78. The van der Waals surface area contributed by atoms with E-state index in [4.69, 9.17) is 0 Å². The van der Waals surface area contributed by atoms with Crippen LogP contribution >= 0.6 is 0 Å². The predicted octanol–water partition coefficient (Wildman–Crippen LogP) is 3.99. The molecule has 0 radical (unpaired) electrons. The second-order valence-electron chi connectivity index (χ2n) is 12.8. The number of nitrogens with one attached hydrogen (secondary N) is 2. The number of nitrogens with zero attached hydrogens (tertiary/aromatic N) is 3. The van der Waals surface area contributed by atoms with Gasteiger partial charge in [0.2, 0.25) is 5.91 Å². The number of hydrogen-bond donors (Lipinski definition) is 2. The van der Waals surface area contributed by atoms with Crippen LogP contribution in [0.5, 0.6) is 0 Å². The Balaban J connectivity index is 0.908. The summed E-state index contributed by atoms with van der Waals surface area (Å²) in [5.74, 6) is 2.06. The van der Waals surface area contributed by atoms with Gasteiger partial charge in [0.1, 0.15) is 6.04 Å². The quantitative estimate of drug-likeness (QED) is 0.441.